The minimum absolute atomic E-state index is 0.122. The molecule has 0 fully saturated rings. The van der Waals surface area contributed by atoms with Crippen molar-refractivity contribution < 1.29 is 18.9 Å². The van der Waals surface area contributed by atoms with E-state index in [9.17, 15) is 13.8 Å². The van der Waals surface area contributed by atoms with Crippen LogP contribution in [0.1, 0.15) is 25.2 Å². The van der Waals surface area contributed by atoms with E-state index in [1.165, 1.54) is 6.92 Å². The predicted octanol–water partition coefficient (Wildman–Crippen LogP) is 0.0494. The van der Waals surface area contributed by atoms with Gasteiger partial charge in [0.05, 0.1) is 22.9 Å². The highest BCUT2D eigenvalue weighted by Gasteiger charge is 2.22. The van der Waals surface area contributed by atoms with Gasteiger partial charge in [-0.2, -0.15) is 5.10 Å². The van der Waals surface area contributed by atoms with Gasteiger partial charge in [0.25, 0.3) is 0 Å². The van der Waals surface area contributed by atoms with Crippen LogP contribution in [0.5, 0.6) is 0 Å². The Labute approximate surface area is 119 Å². The highest BCUT2D eigenvalue weighted by Crippen LogP contribution is 2.08. The van der Waals surface area contributed by atoms with E-state index in [2.05, 4.69) is 10.4 Å². The van der Waals surface area contributed by atoms with Crippen LogP contribution in [-0.2, 0) is 32.7 Å². The standard InChI is InChI=1S/C12H19N3O4S/c1-4-15-10(5-8(2)14-15)6-20(19)7-11(12(17)18)13-9(3)16/h5,11H,4,6-7H2,1-3H3,(H,13,16)(H,17,18). The normalized spacial score (nSPS) is 13.8. The Bertz CT molecular complexity index is 527. The number of hydrogen-bond donors (Lipinski definition) is 2. The third kappa shape index (κ3) is 4.76. The van der Waals surface area contributed by atoms with Crippen molar-refractivity contribution >= 4 is 22.7 Å². The molecule has 0 aliphatic rings. The molecule has 0 spiro atoms. The van der Waals surface area contributed by atoms with E-state index in [1.54, 1.807) is 4.68 Å². The minimum atomic E-state index is -1.39. The Morgan fingerprint density at radius 2 is 2.20 bits per heavy atom. The first-order chi connectivity index (χ1) is 9.33. The molecule has 0 radical (unpaired) electrons. The molecule has 0 aliphatic heterocycles. The van der Waals surface area contributed by atoms with Gasteiger partial charge in [-0.1, -0.05) is 0 Å². The number of nitrogens with one attached hydrogen (secondary N) is 1. The summed E-state index contributed by atoms with van der Waals surface area (Å²) in [5, 5.41) is 15.5. The number of amides is 1. The molecular weight excluding hydrogens is 282 g/mol. The molecule has 1 rings (SSSR count). The summed E-state index contributed by atoms with van der Waals surface area (Å²) in [4.78, 5) is 21.9. The van der Waals surface area contributed by atoms with Crippen LogP contribution in [0.15, 0.2) is 6.07 Å². The average Bonchev–Trinajstić information content (AvgIpc) is 2.67. The molecule has 2 atom stereocenters. The molecule has 112 valence electrons. The number of carbonyl (C=O) groups is 2. The first-order valence-electron chi connectivity index (χ1n) is 6.21. The number of carboxylic acid groups (broad SMARTS) is 1. The molecule has 1 heterocycles. The van der Waals surface area contributed by atoms with Crippen LogP contribution < -0.4 is 5.32 Å². The van der Waals surface area contributed by atoms with Gasteiger partial charge in [-0.3, -0.25) is 13.7 Å². The van der Waals surface area contributed by atoms with Crippen molar-refractivity contribution in [1.29, 1.82) is 0 Å². The number of carbonyl (C=O) groups excluding carboxylic acids is 1. The largest absolute Gasteiger partial charge is 0.480 e. The number of rotatable bonds is 7. The lowest BCUT2D eigenvalue weighted by Gasteiger charge is -2.13. The SMILES string of the molecule is CCn1nc(C)cc1CS(=O)CC(NC(C)=O)C(=O)O. The number of aryl methyl sites for hydroxylation is 2. The van der Waals surface area contributed by atoms with Crippen LogP contribution in [-0.4, -0.2) is 42.8 Å². The molecule has 0 aliphatic carbocycles. The van der Waals surface area contributed by atoms with Crippen LogP contribution in [0.3, 0.4) is 0 Å². The highest BCUT2D eigenvalue weighted by atomic mass is 32.2. The highest BCUT2D eigenvalue weighted by molar-refractivity contribution is 7.84. The molecule has 8 heteroatoms. The van der Waals surface area contributed by atoms with E-state index < -0.39 is 28.7 Å². The van der Waals surface area contributed by atoms with Crippen molar-refractivity contribution in [3.8, 4) is 0 Å². The first-order valence-corrected chi connectivity index (χ1v) is 7.70. The van der Waals surface area contributed by atoms with E-state index in [0.29, 0.717) is 6.54 Å². The number of aromatic nitrogens is 2. The number of carboxylic acids is 1. The first kappa shape index (κ1) is 16.4. The molecule has 1 aromatic heterocycles. The van der Waals surface area contributed by atoms with Crippen LogP contribution in [0.25, 0.3) is 0 Å². The summed E-state index contributed by atoms with van der Waals surface area (Å²) in [6, 6.07) is 0.697. The topological polar surface area (TPSA) is 101 Å². The summed E-state index contributed by atoms with van der Waals surface area (Å²) in [6.45, 7) is 5.66. The van der Waals surface area contributed by atoms with Gasteiger partial charge < -0.3 is 10.4 Å². The zero-order chi connectivity index (χ0) is 15.3. The van der Waals surface area contributed by atoms with Crippen LogP contribution in [0.4, 0.5) is 0 Å². The zero-order valence-corrected chi connectivity index (χ0v) is 12.6. The van der Waals surface area contributed by atoms with Gasteiger partial charge in [-0.05, 0) is 19.9 Å². The fraction of sp³-hybridized carbons (Fsp3) is 0.583. The Morgan fingerprint density at radius 3 is 2.70 bits per heavy atom. The van der Waals surface area contributed by atoms with E-state index in [4.69, 9.17) is 5.11 Å². The Morgan fingerprint density at radius 1 is 1.55 bits per heavy atom. The van der Waals surface area contributed by atoms with E-state index in [0.717, 1.165) is 11.4 Å². The second-order valence-corrected chi connectivity index (χ2v) is 5.94. The van der Waals surface area contributed by atoms with Crippen molar-refractivity contribution in [1.82, 2.24) is 15.1 Å². The summed E-state index contributed by atoms with van der Waals surface area (Å²) in [7, 11) is -1.39. The Balaban J connectivity index is 2.70. The Hall–Kier alpha value is -1.70. The Kier molecular flexibility index (Phi) is 5.87. The smallest absolute Gasteiger partial charge is 0.327 e. The van der Waals surface area contributed by atoms with Crippen molar-refractivity contribution in [2.45, 2.75) is 39.1 Å². The maximum absolute atomic E-state index is 12.0. The number of nitrogens with zero attached hydrogens (tertiary/aromatic N) is 2. The van der Waals surface area contributed by atoms with Gasteiger partial charge in [0, 0.05) is 24.3 Å². The second-order valence-electron chi connectivity index (χ2n) is 4.43. The second kappa shape index (κ2) is 7.18. The van der Waals surface area contributed by atoms with Gasteiger partial charge in [0.1, 0.15) is 6.04 Å². The van der Waals surface area contributed by atoms with Crippen molar-refractivity contribution in [2.24, 2.45) is 0 Å². The van der Waals surface area contributed by atoms with Gasteiger partial charge in [-0.15, -0.1) is 0 Å². The van der Waals surface area contributed by atoms with Crippen LogP contribution >= 0.6 is 0 Å². The molecule has 2 unspecified atom stereocenters. The lowest BCUT2D eigenvalue weighted by molar-refractivity contribution is -0.140. The molecular formula is C12H19N3O4S. The molecule has 0 aromatic carbocycles. The van der Waals surface area contributed by atoms with Crippen LogP contribution in [0, 0.1) is 6.92 Å². The lowest BCUT2D eigenvalue weighted by atomic mass is 10.3. The quantitative estimate of drug-likeness (QED) is 0.741. The maximum Gasteiger partial charge on any atom is 0.327 e. The molecule has 2 N–H and O–H groups in total. The fourth-order valence-corrected chi connectivity index (χ4v) is 3.10. The van der Waals surface area contributed by atoms with E-state index >= 15 is 0 Å². The average molecular weight is 301 g/mol. The summed E-state index contributed by atoms with van der Waals surface area (Å²) in [5.41, 5.74) is 1.63. The predicted molar refractivity (Wildman–Crippen MR) is 74.6 cm³/mol. The monoisotopic (exact) mass is 301 g/mol. The van der Waals surface area contributed by atoms with Crippen molar-refractivity contribution in [2.75, 3.05) is 5.75 Å². The molecule has 1 amide bonds. The lowest BCUT2D eigenvalue weighted by Crippen LogP contribution is -2.43. The van der Waals surface area contributed by atoms with Gasteiger partial charge in [0.2, 0.25) is 5.91 Å². The molecule has 20 heavy (non-hydrogen) atoms. The summed E-state index contributed by atoms with van der Waals surface area (Å²) < 4.78 is 13.8. The van der Waals surface area contributed by atoms with Crippen LogP contribution in [0.2, 0.25) is 0 Å². The summed E-state index contributed by atoms with van der Waals surface area (Å²) in [6.07, 6.45) is 0. The third-order valence-electron chi connectivity index (χ3n) is 2.62. The third-order valence-corrected chi connectivity index (χ3v) is 3.94. The molecule has 1 aromatic rings. The van der Waals surface area contributed by atoms with E-state index in [-0.39, 0.29) is 11.5 Å². The summed E-state index contributed by atoms with van der Waals surface area (Å²) in [5.74, 6) is -1.54. The number of hydrogen-bond acceptors (Lipinski definition) is 4. The number of aliphatic carboxylic acids is 1. The minimum Gasteiger partial charge on any atom is -0.480 e. The van der Waals surface area contributed by atoms with Crippen molar-refractivity contribution in [3.05, 3.63) is 17.5 Å². The molecule has 7 nitrogen and oxygen atoms in total. The van der Waals surface area contributed by atoms with Gasteiger partial charge in [0.15, 0.2) is 0 Å². The van der Waals surface area contributed by atoms with E-state index in [1.807, 2.05) is 19.9 Å². The zero-order valence-electron chi connectivity index (χ0n) is 11.8. The maximum atomic E-state index is 12.0. The summed E-state index contributed by atoms with van der Waals surface area (Å²) >= 11 is 0. The molecule has 0 saturated heterocycles. The fourth-order valence-electron chi connectivity index (χ4n) is 1.82. The molecule has 0 saturated carbocycles. The molecule has 0 bridgehead atoms. The van der Waals surface area contributed by atoms with Crippen molar-refractivity contribution in [3.63, 3.8) is 0 Å². The van der Waals surface area contributed by atoms with Gasteiger partial charge >= 0.3 is 5.97 Å². The van der Waals surface area contributed by atoms with Gasteiger partial charge in [-0.25, -0.2) is 4.79 Å².